The predicted molar refractivity (Wildman–Crippen MR) is 210 cm³/mol. The molecule has 0 aliphatic heterocycles. The molecule has 22 heteroatoms. The van der Waals surface area contributed by atoms with Gasteiger partial charge in [-0.1, -0.05) is 54.4 Å². The van der Waals surface area contributed by atoms with Crippen molar-refractivity contribution in [1.82, 2.24) is 37.2 Å². The zero-order chi connectivity index (χ0) is 44.9. The quantitative estimate of drug-likeness (QED) is 0.0359. The Hall–Kier alpha value is -4.93. The second kappa shape index (κ2) is 26.9. The molecule has 0 aliphatic rings. The van der Waals surface area contributed by atoms with E-state index in [0.717, 1.165) is 0 Å². The van der Waals surface area contributed by atoms with Crippen LogP contribution >= 0.6 is 0 Å². The van der Waals surface area contributed by atoms with E-state index in [-0.39, 0.29) is 25.9 Å². The molecule has 7 amide bonds. The molecule has 22 nitrogen and oxygen atoms in total. The lowest BCUT2D eigenvalue weighted by Crippen LogP contribution is -2.62. The Balaban J connectivity index is 6.37. The van der Waals surface area contributed by atoms with E-state index in [2.05, 4.69) is 37.2 Å². The molecule has 0 rings (SSSR count). The number of rotatable bonds is 28. The number of aliphatic carboxylic acids is 2. The van der Waals surface area contributed by atoms with E-state index in [1.807, 2.05) is 0 Å². The molecule has 0 saturated heterocycles. The fraction of sp³-hybridized carbons (Fsp3) is 0.750. The molecule has 0 aromatic heterocycles. The van der Waals surface area contributed by atoms with Crippen LogP contribution in [0.25, 0.3) is 0 Å². The van der Waals surface area contributed by atoms with Crippen LogP contribution in [0, 0.1) is 17.8 Å². The van der Waals surface area contributed by atoms with Crippen LogP contribution in [0.5, 0.6) is 0 Å². The molecular weight excluding hydrogens is 764 g/mol. The molecular formula is C36H66N10O12. The Kier molecular flexibility index (Phi) is 24.6. The van der Waals surface area contributed by atoms with Gasteiger partial charge in [-0.15, -0.1) is 0 Å². The first-order chi connectivity index (χ1) is 27.1. The SMILES string of the molecule is CC[C@H](C)[C@H](NC(=O)[C@@H](CCN)NC(=O)[C@H](CCN)NC(=O)[C@@H](N)CO)C(=O)N[C@@H](CCC(=O)O)C(=O)N[C@H](C(=O)N[C@@H](C(=O)N[C@@H](C)C(=O)O)[C@@H](C)CC)C(C)C. The lowest BCUT2D eigenvalue weighted by Gasteiger charge is -2.31. The van der Waals surface area contributed by atoms with Crippen LogP contribution in [0.15, 0.2) is 0 Å². The summed E-state index contributed by atoms with van der Waals surface area (Å²) in [5, 5.41) is 45.2. The summed E-state index contributed by atoms with van der Waals surface area (Å²) in [5.41, 5.74) is 16.9. The second-order valence-electron chi connectivity index (χ2n) is 14.6. The van der Waals surface area contributed by atoms with Crippen molar-refractivity contribution >= 4 is 53.3 Å². The first-order valence-electron chi connectivity index (χ1n) is 19.4. The Morgan fingerprint density at radius 2 is 0.879 bits per heavy atom. The van der Waals surface area contributed by atoms with Crippen LogP contribution in [0.3, 0.4) is 0 Å². The van der Waals surface area contributed by atoms with Crippen molar-refractivity contribution in [1.29, 1.82) is 0 Å². The maximum Gasteiger partial charge on any atom is 0.325 e. The summed E-state index contributed by atoms with van der Waals surface area (Å²) in [6, 6.07) is -10.5. The zero-order valence-corrected chi connectivity index (χ0v) is 34.5. The van der Waals surface area contributed by atoms with E-state index in [9.17, 15) is 58.5 Å². The van der Waals surface area contributed by atoms with Gasteiger partial charge < -0.3 is 69.7 Å². The molecule has 0 heterocycles. The third kappa shape index (κ3) is 18.1. The highest BCUT2D eigenvalue weighted by Crippen LogP contribution is 2.13. The molecule has 0 unspecified atom stereocenters. The molecule has 0 aliphatic carbocycles. The van der Waals surface area contributed by atoms with Crippen molar-refractivity contribution < 1.29 is 58.5 Å². The number of hydrogen-bond acceptors (Lipinski definition) is 13. The van der Waals surface area contributed by atoms with Crippen LogP contribution in [0.2, 0.25) is 0 Å². The molecule has 58 heavy (non-hydrogen) atoms. The van der Waals surface area contributed by atoms with E-state index in [0.29, 0.717) is 12.8 Å². The Bertz CT molecular complexity index is 1420. The molecule has 0 aromatic carbocycles. The van der Waals surface area contributed by atoms with E-state index in [1.54, 1.807) is 41.5 Å². The van der Waals surface area contributed by atoms with Crippen LogP contribution in [0.4, 0.5) is 0 Å². The van der Waals surface area contributed by atoms with Crippen LogP contribution in [0.1, 0.15) is 87.0 Å². The second-order valence-corrected chi connectivity index (χ2v) is 14.6. The highest BCUT2D eigenvalue weighted by molar-refractivity contribution is 5.98. The van der Waals surface area contributed by atoms with Gasteiger partial charge in [-0.2, -0.15) is 0 Å². The largest absolute Gasteiger partial charge is 0.481 e. The molecule has 0 bridgehead atoms. The number of carboxylic acids is 2. The van der Waals surface area contributed by atoms with Crippen molar-refractivity contribution in [2.45, 2.75) is 135 Å². The standard InChI is InChI=1S/C36H66N10O12/c1-8-18(5)27(34(55)40-20(7)36(57)58)46-33(54)26(17(3)4)44-31(52)22(10-11-25(48)49)43-35(56)28(19(6)9-2)45-32(53)24(13-15-38)42-30(51)23(12-14-37)41-29(50)21(39)16-47/h17-24,26-28,47H,8-16,37-39H2,1-7H3,(H,40,55)(H,41,50)(H,42,51)(H,43,56)(H,44,52)(H,45,53)(H,46,54)(H,48,49)(H,57,58)/t18-,19-,20-,21-,22-,23-,24+,26-,27+,28-/m0/s1. The monoisotopic (exact) mass is 830 g/mol. The lowest BCUT2D eigenvalue weighted by molar-refractivity contribution is -0.142. The predicted octanol–water partition coefficient (Wildman–Crippen LogP) is -3.89. The molecule has 0 radical (unpaired) electrons. The van der Waals surface area contributed by atoms with Crippen LogP contribution < -0.4 is 54.4 Å². The topological polar surface area (TPSA) is 377 Å². The van der Waals surface area contributed by atoms with Gasteiger partial charge in [-0.25, -0.2) is 0 Å². The first kappa shape index (κ1) is 53.1. The van der Waals surface area contributed by atoms with Crippen molar-refractivity contribution in [3.05, 3.63) is 0 Å². The third-order valence-corrected chi connectivity index (χ3v) is 9.55. The van der Waals surface area contributed by atoms with E-state index in [4.69, 9.17) is 17.2 Å². The van der Waals surface area contributed by atoms with Gasteiger partial charge in [0, 0.05) is 6.42 Å². The lowest BCUT2D eigenvalue weighted by atomic mass is 9.95. The molecule has 0 aromatic rings. The summed E-state index contributed by atoms with van der Waals surface area (Å²) in [6.07, 6.45) is -0.409. The number of aliphatic hydroxyl groups excluding tert-OH is 1. The van der Waals surface area contributed by atoms with E-state index in [1.165, 1.54) is 6.92 Å². The van der Waals surface area contributed by atoms with Gasteiger partial charge in [0.25, 0.3) is 0 Å². The normalized spacial score (nSPS) is 16.3. The minimum atomic E-state index is -1.53. The summed E-state index contributed by atoms with van der Waals surface area (Å²) in [5.74, 6) is -10.1. The van der Waals surface area contributed by atoms with Gasteiger partial charge in [-0.3, -0.25) is 43.2 Å². The zero-order valence-electron chi connectivity index (χ0n) is 34.5. The van der Waals surface area contributed by atoms with Crippen LogP contribution in [-0.2, 0) is 43.2 Å². The van der Waals surface area contributed by atoms with Crippen molar-refractivity contribution in [3.63, 3.8) is 0 Å². The van der Waals surface area contributed by atoms with Crippen molar-refractivity contribution in [2.75, 3.05) is 19.7 Å². The smallest absolute Gasteiger partial charge is 0.325 e. The minimum Gasteiger partial charge on any atom is -0.481 e. The number of hydrogen-bond donors (Lipinski definition) is 13. The van der Waals surface area contributed by atoms with E-state index >= 15 is 0 Å². The Morgan fingerprint density at radius 1 is 0.517 bits per heavy atom. The number of nitrogens with two attached hydrogens (primary N) is 3. The highest BCUT2D eigenvalue weighted by Gasteiger charge is 2.36. The van der Waals surface area contributed by atoms with Gasteiger partial charge in [0.1, 0.15) is 48.3 Å². The summed E-state index contributed by atoms with van der Waals surface area (Å²) >= 11 is 0. The molecule has 0 saturated carbocycles. The summed E-state index contributed by atoms with van der Waals surface area (Å²) in [6.45, 7) is 10.4. The van der Waals surface area contributed by atoms with Crippen LogP contribution in [-0.4, -0.2) is 137 Å². The molecule has 16 N–H and O–H groups in total. The molecule has 332 valence electrons. The number of amides is 7. The highest BCUT2D eigenvalue weighted by atomic mass is 16.4. The third-order valence-electron chi connectivity index (χ3n) is 9.55. The number of carbonyl (C=O) groups is 9. The maximum atomic E-state index is 13.8. The number of nitrogens with one attached hydrogen (secondary N) is 7. The minimum absolute atomic E-state index is 0.0420. The fourth-order valence-electron chi connectivity index (χ4n) is 5.36. The first-order valence-corrected chi connectivity index (χ1v) is 19.4. The summed E-state index contributed by atoms with van der Waals surface area (Å²) < 4.78 is 0. The van der Waals surface area contributed by atoms with Crippen molar-refractivity contribution in [3.8, 4) is 0 Å². The van der Waals surface area contributed by atoms with Gasteiger partial charge in [0.05, 0.1) is 6.61 Å². The average molecular weight is 831 g/mol. The van der Waals surface area contributed by atoms with Gasteiger partial charge in [0.2, 0.25) is 41.4 Å². The number of carboxylic acid groups (broad SMARTS) is 2. The average Bonchev–Trinajstić information content (AvgIpc) is 3.17. The van der Waals surface area contributed by atoms with Gasteiger partial charge >= 0.3 is 11.9 Å². The molecule has 0 fully saturated rings. The Labute approximate surface area is 338 Å². The molecule has 10 atom stereocenters. The fourth-order valence-corrected chi connectivity index (χ4v) is 5.36. The maximum absolute atomic E-state index is 13.8. The van der Waals surface area contributed by atoms with Gasteiger partial charge in [-0.05, 0) is 57.0 Å². The summed E-state index contributed by atoms with van der Waals surface area (Å²) in [4.78, 5) is 116. The van der Waals surface area contributed by atoms with E-state index < -0.39 is 139 Å². The van der Waals surface area contributed by atoms with Crippen molar-refractivity contribution in [2.24, 2.45) is 35.0 Å². The molecule has 0 spiro atoms. The Morgan fingerprint density at radius 3 is 1.28 bits per heavy atom. The number of aliphatic hydroxyl groups is 1. The van der Waals surface area contributed by atoms with Gasteiger partial charge in [0.15, 0.2) is 0 Å². The number of carbonyl (C=O) groups excluding carboxylic acids is 7. The summed E-state index contributed by atoms with van der Waals surface area (Å²) in [7, 11) is 0.